The first-order valence-electron chi connectivity index (χ1n) is 3.34. The summed E-state index contributed by atoms with van der Waals surface area (Å²) >= 11 is 0. The fourth-order valence-corrected chi connectivity index (χ4v) is 0.975. The fourth-order valence-electron chi connectivity index (χ4n) is 0.975. The molecule has 1 rings (SSSR count). The minimum absolute atomic E-state index is 0.756. The van der Waals surface area contributed by atoms with Crippen LogP contribution in [-0.4, -0.2) is 31.1 Å². The Labute approximate surface area is 69.3 Å². The van der Waals surface area contributed by atoms with Crippen LogP contribution in [0.2, 0.25) is 0 Å². The van der Waals surface area contributed by atoms with Crippen molar-refractivity contribution in [3.8, 4) is 0 Å². The first kappa shape index (κ1) is 10.6. The molecule has 2 N–H and O–H groups in total. The second-order valence-electron chi connectivity index (χ2n) is 2.64. The van der Waals surface area contributed by atoms with Gasteiger partial charge in [-0.2, -0.15) is 26.3 Å². The summed E-state index contributed by atoms with van der Waals surface area (Å²) in [6.45, 7) is -0.756. The molecule has 0 radical (unpaired) electrons. The summed E-state index contributed by atoms with van der Waals surface area (Å²) in [6.07, 6.45) is -11.6. The zero-order valence-corrected chi connectivity index (χ0v) is 6.13. The van der Waals surface area contributed by atoms with Gasteiger partial charge in [-0.3, -0.25) is 10.6 Å². The van der Waals surface area contributed by atoms with Gasteiger partial charge < -0.3 is 0 Å². The van der Waals surface area contributed by atoms with Gasteiger partial charge in [0.25, 0.3) is 0 Å². The third-order valence-electron chi connectivity index (χ3n) is 1.62. The van der Waals surface area contributed by atoms with E-state index in [9.17, 15) is 26.3 Å². The Morgan fingerprint density at radius 2 is 1.46 bits per heavy atom. The molecule has 0 aromatic rings. The topological polar surface area (TPSA) is 24.1 Å². The third kappa shape index (κ3) is 2.47. The van der Waals surface area contributed by atoms with Gasteiger partial charge in [0.1, 0.15) is 6.04 Å². The summed E-state index contributed by atoms with van der Waals surface area (Å²) in [4.78, 5) is 0. The van der Waals surface area contributed by atoms with E-state index in [0.29, 0.717) is 0 Å². The molecule has 0 amide bonds. The lowest BCUT2D eigenvalue weighted by atomic mass is 10.3. The Bertz CT molecular complexity index is 164. The summed E-state index contributed by atoms with van der Waals surface area (Å²) in [5, 5.41) is 3.11. The summed E-state index contributed by atoms with van der Waals surface area (Å²) in [7, 11) is 0. The van der Waals surface area contributed by atoms with Gasteiger partial charge in [0.2, 0.25) is 0 Å². The average molecular weight is 208 g/mol. The first-order chi connectivity index (χ1) is 5.71. The third-order valence-corrected chi connectivity index (χ3v) is 1.62. The Morgan fingerprint density at radius 1 is 0.923 bits per heavy atom. The van der Waals surface area contributed by atoms with E-state index in [1.807, 2.05) is 0 Å². The highest BCUT2D eigenvalue weighted by molar-refractivity contribution is 4.91. The van der Waals surface area contributed by atoms with Crippen molar-refractivity contribution in [1.29, 1.82) is 0 Å². The van der Waals surface area contributed by atoms with Gasteiger partial charge in [0, 0.05) is 6.54 Å². The molecule has 1 heterocycles. The Balaban J connectivity index is 2.55. The van der Waals surface area contributed by atoms with Gasteiger partial charge in [0.05, 0.1) is 0 Å². The van der Waals surface area contributed by atoms with Crippen LogP contribution in [0.4, 0.5) is 26.3 Å². The highest BCUT2D eigenvalue weighted by Crippen LogP contribution is 2.27. The van der Waals surface area contributed by atoms with Crippen molar-refractivity contribution in [2.24, 2.45) is 0 Å². The van der Waals surface area contributed by atoms with Crippen LogP contribution < -0.4 is 10.6 Å². The lowest BCUT2D eigenvalue weighted by Crippen LogP contribution is -2.48. The minimum Gasteiger partial charge on any atom is -0.292 e. The van der Waals surface area contributed by atoms with Crippen LogP contribution in [0.1, 0.15) is 0 Å². The molecule has 0 aliphatic carbocycles. The lowest BCUT2D eigenvalue weighted by Gasteiger charge is -2.17. The summed E-state index contributed by atoms with van der Waals surface area (Å²) in [5.74, 6) is 0. The van der Waals surface area contributed by atoms with Crippen LogP contribution in [0.5, 0.6) is 0 Å². The molecule has 13 heavy (non-hydrogen) atoms. The zero-order valence-electron chi connectivity index (χ0n) is 6.13. The van der Waals surface area contributed by atoms with Crippen LogP contribution in [0.15, 0.2) is 0 Å². The standard InChI is InChI=1S/C5H6F6N2/c6-4(7,8)2-1-12-3(13-2)5(9,10)11/h2-3,12-13H,1H2. The molecule has 2 atom stereocenters. The van der Waals surface area contributed by atoms with Crippen molar-refractivity contribution in [2.45, 2.75) is 24.6 Å². The van der Waals surface area contributed by atoms with Crippen molar-refractivity contribution < 1.29 is 26.3 Å². The molecule has 1 saturated heterocycles. The van der Waals surface area contributed by atoms with Crippen molar-refractivity contribution in [2.75, 3.05) is 6.54 Å². The summed E-state index contributed by atoms with van der Waals surface area (Å²) in [6, 6.07) is -2.13. The lowest BCUT2D eigenvalue weighted by molar-refractivity contribution is -0.172. The smallest absolute Gasteiger partial charge is 0.292 e. The molecule has 0 saturated carbocycles. The summed E-state index contributed by atoms with van der Waals surface area (Å²) < 4.78 is 71.0. The van der Waals surface area contributed by atoms with Crippen LogP contribution in [0.3, 0.4) is 0 Å². The van der Waals surface area contributed by atoms with Gasteiger partial charge >= 0.3 is 12.4 Å². The van der Waals surface area contributed by atoms with E-state index in [1.54, 1.807) is 5.32 Å². The van der Waals surface area contributed by atoms with Gasteiger partial charge in [-0.15, -0.1) is 0 Å². The molecule has 78 valence electrons. The number of rotatable bonds is 0. The molecule has 0 bridgehead atoms. The van der Waals surface area contributed by atoms with E-state index in [4.69, 9.17) is 0 Å². The first-order valence-corrected chi connectivity index (χ1v) is 3.34. The Hall–Kier alpha value is -0.500. The van der Waals surface area contributed by atoms with Gasteiger partial charge in [-0.05, 0) is 0 Å². The molecule has 1 fully saturated rings. The SMILES string of the molecule is FC(F)(F)C1CNC(C(F)(F)F)N1. The van der Waals surface area contributed by atoms with Crippen LogP contribution in [0, 0.1) is 0 Å². The summed E-state index contributed by atoms with van der Waals surface area (Å²) in [5.41, 5.74) is 0. The van der Waals surface area contributed by atoms with Crippen molar-refractivity contribution >= 4 is 0 Å². The molecule has 0 aromatic carbocycles. The van der Waals surface area contributed by atoms with Crippen molar-refractivity contribution in [1.82, 2.24) is 10.6 Å². The number of halogens is 6. The van der Waals surface area contributed by atoms with E-state index in [0.717, 1.165) is 0 Å². The number of nitrogens with one attached hydrogen (secondary N) is 2. The number of hydrogen-bond acceptors (Lipinski definition) is 2. The highest BCUT2D eigenvalue weighted by atomic mass is 19.4. The normalized spacial score (nSPS) is 30.9. The van der Waals surface area contributed by atoms with Crippen molar-refractivity contribution in [3.05, 3.63) is 0 Å². The molecule has 2 nitrogen and oxygen atoms in total. The monoisotopic (exact) mass is 208 g/mol. The maximum Gasteiger partial charge on any atom is 0.417 e. The van der Waals surface area contributed by atoms with E-state index >= 15 is 0 Å². The second-order valence-corrected chi connectivity index (χ2v) is 2.64. The Morgan fingerprint density at radius 3 is 1.69 bits per heavy atom. The molecule has 1 aliphatic rings. The number of alkyl halides is 6. The molecule has 2 unspecified atom stereocenters. The molecule has 8 heteroatoms. The largest absolute Gasteiger partial charge is 0.417 e. The van der Waals surface area contributed by atoms with Gasteiger partial charge in [0.15, 0.2) is 6.17 Å². The minimum atomic E-state index is -4.69. The van der Waals surface area contributed by atoms with E-state index in [1.165, 1.54) is 5.32 Å². The predicted octanol–water partition coefficient (Wildman–Crippen LogP) is 0.998. The van der Waals surface area contributed by atoms with E-state index in [-0.39, 0.29) is 0 Å². The molecular weight excluding hydrogens is 202 g/mol. The van der Waals surface area contributed by atoms with Crippen LogP contribution >= 0.6 is 0 Å². The van der Waals surface area contributed by atoms with E-state index in [2.05, 4.69) is 0 Å². The molecular formula is C5H6F6N2. The van der Waals surface area contributed by atoms with E-state index < -0.39 is 31.1 Å². The van der Waals surface area contributed by atoms with Gasteiger partial charge in [-0.1, -0.05) is 0 Å². The van der Waals surface area contributed by atoms with Crippen molar-refractivity contribution in [3.63, 3.8) is 0 Å². The predicted molar refractivity (Wildman–Crippen MR) is 30.8 cm³/mol. The van der Waals surface area contributed by atoms with Crippen LogP contribution in [0.25, 0.3) is 0 Å². The number of hydrogen-bond donors (Lipinski definition) is 2. The Kier molecular flexibility index (Phi) is 2.46. The quantitative estimate of drug-likeness (QED) is 0.580. The highest BCUT2D eigenvalue weighted by Gasteiger charge is 2.51. The van der Waals surface area contributed by atoms with Gasteiger partial charge in [-0.25, -0.2) is 0 Å². The second kappa shape index (κ2) is 3.02. The zero-order chi connectivity index (χ0) is 10.3. The molecule has 1 aliphatic heterocycles. The molecule has 0 aromatic heterocycles. The average Bonchev–Trinajstić information content (AvgIpc) is 2.28. The fraction of sp³-hybridized carbons (Fsp3) is 1.00. The maximum atomic E-state index is 11.9. The maximum absolute atomic E-state index is 11.9. The van der Waals surface area contributed by atoms with Crippen LogP contribution in [-0.2, 0) is 0 Å². The molecule has 0 spiro atoms.